The standard InChI is InChI=1S/C19H31NO/c1-3-5-14-21-19-15-17(16-9-7-6-8-10-16)11-12-18(19)20-13-4-2/h6-10,17-20H,3-5,11-15H2,1-2H3. The summed E-state index contributed by atoms with van der Waals surface area (Å²) >= 11 is 0. The van der Waals surface area contributed by atoms with E-state index in [4.69, 9.17) is 4.74 Å². The maximum absolute atomic E-state index is 6.22. The minimum absolute atomic E-state index is 0.377. The monoisotopic (exact) mass is 289 g/mol. The van der Waals surface area contributed by atoms with Gasteiger partial charge < -0.3 is 10.1 Å². The van der Waals surface area contributed by atoms with Gasteiger partial charge in [0.15, 0.2) is 0 Å². The molecule has 118 valence electrons. The Morgan fingerprint density at radius 1 is 1.10 bits per heavy atom. The van der Waals surface area contributed by atoms with Gasteiger partial charge in [-0.2, -0.15) is 0 Å². The van der Waals surface area contributed by atoms with Gasteiger partial charge in [0.25, 0.3) is 0 Å². The van der Waals surface area contributed by atoms with Gasteiger partial charge in [-0.3, -0.25) is 0 Å². The van der Waals surface area contributed by atoms with Crippen molar-refractivity contribution in [2.45, 2.75) is 70.4 Å². The van der Waals surface area contributed by atoms with Crippen molar-refractivity contribution in [1.82, 2.24) is 5.32 Å². The Kier molecular flexibility index (Phi) is 7.25. The molecule has 1 aliphatic carbocycles. The van der Waals surface area contributed by atoms with Crippen LogP contribution in [-0.2, 0) is 4.74 Å². The average molecular weight is 289 g/mol. The molecule has 1 N–H and O–H groups in total. The quantitative estimate of drug-likeness (QED) is 0.711. The zero-order valence-electron chi connectivity index (χ0n) is 13.7. The molecule has 3 atom stereocenters. The van der Waals surface area contributed by atoms with E-state index in [1.165, 1.54) is 37.7 Å². The molecule has 0 amide bonds. The van der Waals surface area contributed by atoms with E-state index >= 15 is 0 Å². The van der Waals surface area contributed by atoms with Crippen LogP contribution in [0.4, 0.5) is 0 Å². The van der Waals surface area contributed by atoms with Crippen molar-refractivity contribution in [2.24, 2.45) is 0 Å². The number of ether oxygens (including phenoxy) is 1. The van der Waals surface area contributed by atoms with Crippen LogP contribution in [0.25, 0.3) is 0 Å². The number of unbranched alkanes of at least 4 members (excludes halogenated alkanes) is 1. The molecular weight excluding hydrogens is 258 g/mol. The second-order valence-corrected chi connectivity index (χ2v) is 6.24. The second kappa shape index (κ2) is 9.22. The van der Waals surface area contributed by atoms with Crippen molar-refractivity contribution in [1.29, 1.82) is 0 Å². The van der Waals surface area contributed by atoms with Crippen molar-refractivity contribution in [3.63, 3.8) is 0 Å². The number of hydrogen-bond acceptors (Lipinski definition) is 2. The van der Waals surface area contributed by atoms with Crippen molar-refractivity contribution in [3.8, 4) is 0 Å². The molecule has 1 saturated carbocycles. The van der Waals surface area contributed by atoms with Crippen molar-refractivity contribution in [2.75, 3.05) is 13.2 Å². The highest BCUT2D eigenvalue weighted by atomic mass is 16.5. The third-order valence-electron chi connectivity index (χ3n) is 4.55. The molecule has 1 aliphatic rings. The predicted molar refractivity (Wildman–Crippen MR) is 89.8 cm³/mol. The Morgan fingerprint density at radius 2 is 1.90 bits per heavy atom. The first-order valence-electron chi connectivity index (χ1n) is 8.75. The smallest absolute Gasteiger partial charge is 0.0733 e. The maximum Gasteiger partial charge on any atom is 0.0733 e. The Morgan fingerprint density at radius 3 is 2.62 bits per heavy atom. The van der Waals surface area contributed by atoms with E-state index in [0.717, 1.165) is 19.6 Å². The highest BCUT2D eigenvalue weighted by Crippen LogP contribution is 2.34. The lowest BCUT2D eigenvalue weighted by Gasteiger charge is -2.37. The summed E-state index contributed by atoms with van der Waals surface area (Å²) in [6.07, 6.45) is 7.63. The summed E-state index contributed by atoms with van der Waals surface area (Å²) < 4.78 is 6.22. The average Bonchev–Trinajstić information content (AvgIpc) is 2.54. The van der Waals surface area contributed by atoms with E-state index in [1.807, 2.05) is 0 Å². The predicted octanol–water partition coefficient (Wildman–Crippen LogP) is 4.51. The molecule has 0 aromatic heterocycles. The lowest BCUT2D eigenvalue weighted by molar-refractivity contribution is -0.00157. The third-order valence-corrected chi connectivity index (χ3v) is 4.55. The fraction of sp³-hybridized carbons (Fsp3) is 0.684. The lowest BCUT2D eigenvalue weighted by atomic mass is 9.80. The normalized spacial score (nSPS) is 25.9. The molecule has 0 heterocycles. The number of nitrogens with one attached hydrogen (secondary N) is 1. The van der Waals surface area contributed by atoms with E-state index in [1.54, 1.807) is 0 Å². The molecule has 0 spiro atoms. The van der Waals surface area contributed by atoms with Crippen LogP contribution in [0.5, 0.6) is 0 Å². The number of benzene rings is 1. The summed E-state index contributed by atoms with van der Waals surface area (Å²) in [5.74, 6) is 0.664. The van der Waals surface area contributed by atoms with Crippen molar-refractivity contribution >= 4 is 0 Å². The van der Waals surface area contributed by atoms with E-state index in [0.29, 0.717) is 18.1 Å². The molecule has 1 aromatic carbocycles. The molecule has 1 aromatic rings. The third kappa shape index (κ3) is 5.12. The molecule has 0 radical (unpaired) electrons. The minimum Gasteiger partial charge on any atom is -0.377 e. The Balaban J connectivity index is 1.94. The molecule has 2 nitrogen and oxygen atoms in total. The molecule has 2 rings (SSSR count). The van der Waals surface area contributed by atoms with Gasteiger partial charge in [-0.05, 0) is 50.1 Å². The van der Waals surface area contributed by atoms with Gasteiger partial charge in [-0.25, -0.2) is 0 Å². The minimum atomic E-state index is 0.377. The molecule has 21 heavy (non-hydrogen) atoms. The first-order valence-corrected chi connectivity index (χ1v) is 8.75. The number of rotatable bonds is 8. The largest absolute Gasteiger partial charge is 0.377 e. The zero-order valence-corrected chi connectivity index (χ0v) is 13.7. The molecule has 3 unspecified atom stereocenters. The van der Waals surface area contributed by atoms with Gasteiger partial charge in [0.2, 0.25) is 0 Å². The van der Waals surface area contributed by atoms with Crippen LogP contribution in [0.3, 0.4) is 0 Å². The van der Waals surface area contributed by atoms with Crippen LogP contribution in [0.15, 0.2) is 30.3 Å². The van der Waals surface area contributed by atoms with Gasteiger partial charge in [-0.1, -0.05) is 50.6 Å². The van der Waals surface area contributed by atoms with Crippen LogP contribution >= 0.6 is 0 Å². The van der Waals surface area contributed by atoms with Crippen molar-refractivity contribution in [3.05, 3.63) is 35.9 Å². The van der Waals surface area contributed by atoms with Gasteiger partial charge in [0.1, 0.15) is 0 Å². The highest BCUT2D eigenvalue weighted by Gasteiger charge is 2.31. The Labute approximate surface area is 130 Å². The first-order chi connectivity index (χ1) is 10.3. The van der Waals surface area contributed by atoms with Gasteiger partial charge in [0, 0.05) is 12.6 Å². The van der Waals surface area contributed by atoms with Gasteiger partial charge in [0.05, 0.1) is 6.10 Å². The molecule has 0 aliphatic heterocycles. The molecule has 2 heteroatoms. The SMILES string of the molecule is CCCCOC1CC(c2ccccc2)CCC1NCCC. The molecule has 0 saturated heterocycles. The first kappa shape index (κ1) is 16.5. The summed E-state index contributed by atoms with van der Waals surface area (Å²) in [6, 6.07) is 11.5. The van der Waals surface area contributed by atoms with E-state index < -0.39 is 0 Å². The fourth-order valence-electron chi connectivity index (χ4n) is 3.28. The fourth-order valence-corrected chi connectivity index (χ4v) is 3.28. The Hall–Kier alpha value is -0.860. The van der Waals surface area contributed by atoms with E-state index in [2.05, 4.69) is 49.5 Å². The van der Waals surface area contributed by atoms with Crippen LogP contribution < -0.4 is 5.32 Å². The van der Waals surface area contributed by atoms with Crippen LogP contribution in [0.2, 0.25) is 0 Å². The van der Waals surface area contributed by atoms with Crippen LogP contribution in [-0.4, -0.2) is 25.3 Å². The summed E-state index contributed by atoms with van der Waals surface area (Å²) in [5, 5.41) is 3.70. The molecule has 0 bridgehead atoms. The lowest BCUT2D eigenvalue weighted by Crippen LogP contribution is -2.45. The molecule has 1 fully saturated rings. The second-order valence-electron chi connectivity index (χ2n) is 6.24. The highest BCUT2D eigenvalue weighted by molar-refractivity contribution is 5.20. The summed E-state index contributed by atoms with van der Waals surface area (Å²) in [5.41, 5.74) is 1.48. The molecular formula is C19H31NO. The summed E-state index contributed by atoms with van der Waals surface area (Å²) in [6.45, 7) is 6.47. The van der Waals surface area contributed by atoms with Crippen LogP contribution in [0, 0.1) is 0 Å². The van der Waals surface area contributed by atoms with E-state index in [9.17, 15) is 0 Å². The summed E-state index contributed by atoms with van der Waals surface area (Å²) in [4.78, 5) is 0. The number of hydrogen-bond donors (Lipinski definition) is 1. The maximum atomic E-state index is 6.22. The van der Waals surface area contributed by atoms with E-state index in [-0.39, 0.29) is 0 Å². The van der Waals surface area contributed by atoms with Gasteiger partial charge in [-0.15, -0.1) is 0 Å². The van der Waals surface area contributed by atoms with Gasteiger partial charge >= 0.3 is 0 Å². The zero-order chi connectivity index (χ0) is 14.9. The van der Waals surface area contributed by atoms with Crippen molar-refractivity contribution < 1.29 is 4.74 Å². The Bertz CT molecular complexity index is 378. The van der Waals surface area contributed by atoms with Crippen LogP contribution in [0.1, 0.15) is 63.9 Å². The topological polar surface area (TPSA) is 21.3 Å². The summed E-state index contributed by atoms with van der Waals surface area (Å²) in [7, 11) is 0.